The molecule has 158 valence electrons. The van der Waals surface area contributed by atoms with E-state index >= 15 is 0 Å². The Labute approximate surface area is 180 Å². The largest absolute Gasteiger partial charge is 0.439 e. The molecule has 0 aliphatic carbocycles. The lowest BCUT2D eigenvalue weighted by Gasteiger charge is -2.27. The summed E-state index contributed by atoms with van der Waals surface area (Å²) < 4.78 is 10.8. The first-order chi connectivity index (χ1) is 14.4. The lowest BCUT2D eigenvalue weighted by atomic mass is 10.2. The number of anilines is 2. The third kappa shape index (κ3) is 4.12. The molecule has 11 heteroatoms. The van der Waals surface area contributed by atoms with Gasteiger partial charge in [-0.3, -0.25) is 9.59 Å². The minimum absolute atomic E-state index is 0.0317. The summed E-state index contributed by atoms with van der Waals surface area (Å²) in [6.45, 7) is 0.877. The number of rotatable bonds is 5. The molecule has 4 rings (SSSR count). The number of morpholine rings is 1. The van der Waals surface area contributed by atoms with Crippen LogP contribution in [-0.4, -0.2) is 61.6 Å². The van der Waals surface area contributed by atoms with Crippen molar-refractivity contribution < 1.29 is 29.0 Å². The molecule has 2 saturated heterocycles. The highest BCUT2D eigenvalue weighted by atomic mass is 35.5. The second-order valence-electron chi connectivity index (χ2n) is 6.63. The van der Waals surface area contributed by atoms with Gasteiger partial charge in [0.2, 0.25) is 0 Å². The first kappa shape index (κ1) is 20.6. The molecule has 2 aromatic rings. The lowest BCUT2D eigenvalue weighted by molar-refractivity contribution is -0.125. The molecule has 3 amide bonds. The number of amides is 3. The van der Waals surface area contributed by atoms with Gasteiger partial charge in [-0.05, 0) is 36.4 Å². The van der Waals surface area contributed by atoms with E-state index in [4.69, 9.17) is 21.1 Å². The van der Waals surface area contributed by atoms with Crippen LogP contribution in [0.15, 0.2) is 36.4 Å². The van der Waals surface area contributed by atoms with Crippen LogP contribution in [0.25, 0.3) is 0 Å². The van der Waals surface area contributed by atoms with Gasteiger partial charge in [0.1, 0.15) is 6.61 Å². The standard InChI is InChI=1S/C19H18ClN3O6S/c20-15-6-5-14(30-15)17(25)21-9-13-18(26)23(19(27)29-13)12-3-1-11(2-4-12)22-7-8-28-10-16(22)24/h1-6,13,18,26H,7-10H2,(H,21,25)/t13-,18+/m0/s1. The van der Waals surface area contributed by atoms with Crippen LogP contribution >= 0.6 is 22.9 Å². The molecule has 3 heterocycles. The van der Waals surface area contributed by atoms with Crippen molar-refractivity contribution in [3.05, 3.63) is 45.6 Å². The van der Waals surface area contributed by atoms with E-state index in [2.05, 4.69) is 5.32 Å². The average molecular weight is 452 g/mol. The van der Waals surface area contributed by atoms with Crippen molar-refractivity contribution in [1.82, 2.24) is 5.32 Å². The van der Waals surface area contributed by atoms with E-state index < -0.39 is 18.4 Å². The van der Waals surface area contributed by atoms with Crippen LogP contribution in [0.4, 0.5) is 16.2 Å². The predicted octanol–water partition coefficient (Wildman–Crippen LogP) is 1.84. The normalized spacial score (nSPS) is 21.7. The number of hydrogen-bond donors (Lipinski definition) is 2. The maximum atomic E-state index is 12.3. The van der Waals surface area contributed by atoms with Gasteiger partial charge in [-0.25, -0.2) is 9.69 Å². The molecule has 2 aliphatic heterocycles. The molecule has 2 fully saturated rings. The van der Waals surface area contributed by atoms with Crippen LogP contribution in [0.1, 0.15) is 9.67 Å². The van der Waals surface area contributed by atoms with Crippen molar-refractivity contribution in [1.29, 1.82) is 0 Å². The molecule has 0 unspecified atom stereocenters. The maximum Gasteiger partial charge on any atom is 0.417 e. The lowest BCUT2D eigenvalue weighted by Crippen LogP contribution is -2.42. The van der Waals surface area contributed by atoms with Gasteiger partial charge in [-0.15, -0.1) is 11.3 Å². The zero-order valence-electron chi connectivity index (χ0n) is 15.6. The summed E-state index contributed by atoms with van der Waals surface area (Å²) in [5.41, 5.74) is 1.09. The summed E-state index contributed by atoms with van der Waals surface area (Å²) >= 11 is 6.95. The zero-order valence-corrected chi connectivity index (χ0v) is 17.2. The Morgan fingerprint density at radius 2 is 1.93 bits per heavy atom. The molecule has 1 aromatic heterocycles. The van der Waals surface area contributed by atoms with Crippen LogP contribution in [-0.2, 0) is 14.3 Å². The number of cyclic esters (lactones) is 1. The van der Waals surface area contributed by atoms with Gasteiger partial charge < -0.3 is 24.8 Å². The third-order valence-corrected chi connectivity index (χ3v) is 5.96. The molecule has 1 aromatic carbocycles. The fourth-order valence-electron chi connectivity index (χ4n) is 3.23. The van der Waals surface area contributed by atoms with Crippen molar-refractivity contribution in [2.75, 3.05) is 36.1 Å². The highest BCUT2D eigenvalue weighted by Gasteiger charge is 2.41. The summed E-state index contributed by atoms with van der Waals surface area (Å²) in [4.78, 5) is 39.5. The Bertz CT molecular complexity index is 965. The Morgan fingerprint density at radius 3 is 2.60 bits per heavy atom. The van der Waals surface area contributed by atoms with E-state index in [1.54, 1.807) is 41.3 Å². The van der Waals surface area contributed by atoms with Crippen LogP contribution in [0.3, 0.4) is 0 Å². The number of halogens is 1. The predicted molar refractivity (Wildman–Crippen MR) is 110 cm³/mol. The van der Waals surface area contributed by atoms with Crippen LogP contribution in [0.2, 0.25) is 4.34 Å². The van der Waals surface area contributed by atoms with Gasteiger partial charge >= 0.3 is 6.09 Å². The number of benzene rings is 1. The number of thiophene rings is 1. The van der Waals surface area contributed by atoms with E-state index in [1.807, 2.05) is 0 Å². The topological polar surface area (TPSA) is 108 Å². The fraction of sp³-hybridized carbons (Fsp3) is 0.316. The van der Waals surface area contributed by atoms with E-state index in [1.165, 1.54) is 0 Å². The summed E-state index contributed by atoms with van der Waals surface area (Å²) in [6.07, 6.45) is -2.94. The Hall–Kier alpha value is -2.66. The molecule has 0 spiro atoms. The van der Waals surface area contributed by atoms with Gasteiger partial charge in [0.15, 0.2) is 12.3 Å². The smallest absolute Gasteiger partial charge is 0.417 e. The number of nitrogens with one attached hydrogen (secondary N) is 1. The molecule has 2 aliphatic rings. The fourth-order valence-corrected chi connectivity index (χ4v) is 4.19. The van der Waals surface area contributed by atoms with Crippen molar-refractivity contribution in [3.63, 3.8) is 0 Å². The number of aliphatic hydroxyl groups excluding tert-OH is 1. The zero-order chi connectivity index (χ0) is 21.3. The van der Waals surface area contributed by atoms with Crippen molar-refractivity contribution in [2.24, 2.45) is 0 Å². The monoisotopic (exact) mass is 451 g/mol. The number of carbonyl (C=O) groups excluding carboxylic acids is 3. The molecule has 2 N–H and O–H groups in total. The van der Waals surface area contributed by atoms with E-state index in [0.29, 0.717) is 33.7 Å². The molecule has 30 heavy (non-hydrogen) atoms. The molecule has 9 nitrogen and oxygen atoms in total. The number of carbonyl (C=O) groups is 3. The summed E-state index contributed by atoms with van der Waals surface area (Å²) in [6, 6.07) is 9.82. The quantitative estimate of drug-likeness (QED) is 0.718. The number of aliphatic hydroxyl groups is 1. The van der Waals surface area contributed by atoms with E-state index in [0.717, 1.165) is 16.2 Å². The van der Waals surface area contributed by atoms with Gasteiger partial charge in [0.25, 0.3) is 11.8 Å². The van der Waals surface area contributed by atoms with E-state index in [9.17, 15) is 19.5 Å². The van der Waals surface area contributed by atoms with Crippen molar-refractivity contribution in [3.8, 4) is 0 Å². The number of ether oxygens (including phenoxy) is 2. The molecule has 0 radical (unpaired) electrons. The second-order valence-corrected chi connectivity index (χ2v) is 8.35. The van der Waals surface area contributed by atoms with Crippen molar-refractivity contribution >= 4 is 52.2 Å². The van der Waals surface area contributed by atoms with Gasteiger partial charge in [-0.2, -0.15) is 0 Å². The summed E-state index contributed by atoms with van der Waals surface area (Å²) in [5, 5.41) is 13.2. The van der Waals surface area contributed by atoms with Gasteiger partial charge in [0.05, 0.1) is 28.1 Å². The molecular formula is C19H18ClN3O6S. The van der Waals surface area contributed by atoms with E-state index in [-0.39, 0.29) is 25.0 Å². The Balaban J connectivity index is 1.40. The van der Waals surface area contributed by atoms with Gasteiger partial charge in [0, 0.05) is 12.2 Å². The molecule has 0 bridgehead atoms. The molecular weight excluding hydrogens is 434 g/mol. The second kappa shape index (κ2) is 8.60. The maximum absolute atomic E-state index is 12.3. The summed E-state index contributed by atoms with van der Waals surface area (Å²) in [5.74, 6) is -0.509. The first-order valence-electron chi connectivity index (χ1n) is 9.13. The highest BCUT2D eigenvalue weighted by Crippen LogP contribution is 2.28. The highest BCUT2D eigenvalue weighted by molar-refractivity contribution is 7.18. The summed E-state index contributed by atoms with van der Waals surface area (Å²) in [7, 11) is 0. The minimum atomic E-state index is -1.28. The van der Waals surface area contributed by atoms with Crippen LogP contribution in [0, 0.1) is 0 Å². The van der Waals surface area contributed by atoms with Crippen LogP contribution in [0.5, 0.6) is 0 Å². The Kier molecular flexibility index (Phi) is 5.91. The first-order valence-corrected chi connectivity index (χ1v) is 10.3. The molecule has 0 saturated carbocycles. The number of nitrogens with zero attached hydrogens (tertiary/aromatic N) is 2. The van der Waals surface area contributed by atoms with Crippen molar-refractivity contribution in [2.45, 2.75) is 12.3 Å². The van der Waals surface area contributed by atoms with Crippen LogP contribution < -0.4 is 15.1 Å². The molecule has 2 atom stereocenters. The third-order valence-electron chi connectivity index (χ3n) is 4.73. The van der Waals surface area contributed by atoms with Gasteiger partial charge in [-0.1, -0.05) is 11.6 Å². The average Bonchev–Trinajstić information content (AvgIpc) is 3.29. The number of hydrogen-bond acceptors (Lipinski definition) is 7. The SMILES string of the molecule is O=C(NC[C@@H]1OC(=O)N(c2ccc(N3CCOCC3=O)cc2)[C@@H]1O)c1ccc(Cl)s1. The Morgan fingerprint density at radius 1 is 1.20 bits per heavy atom. The minimum Gasteiger partial charge on any atom is -0.439 e.